The van der Waals surface area contributed by atoms with Crippen molar-refractivity contribution in [2.24, 2.45) is 0 Å². The molecule has 0 N–H and O–H groups in total. The lowest BCUT2D eigenvalue weighted by atomic mass is 10.0. The van der Waals surface area contributed by atoms with Gasteiger partial charge in [0, 0.05) is 62.5 Å². The first kappa shape index (κ1) is 21.6. The molecule has 0 spiro atoms. The van der Waals surface area contributed by atoms with Crippen molar-refractivity contribution in [3.63, 3.8) is 0 Å². The molecular weight excluding hydrogens is 386 g/mol. The Balaban J connectivity index is 1.31. The minimum atomic E-state index is 0.205. The molecule has 0 radical (unpaired) electrons. The van der Waals surface area contributed by atoms with E-state index in [4.69, 9.17) is 16.3 Å². The first-order valence-electron chi connectivity index (χ1n) is 10.4. The van der Waals surface area contributed by atoms with E-state index in [-0.39, 0.29) is 5.91 Å². The number of amides is 1. The van der Waals surface area contributed by atoms with Crippen LogP contribution >= 0.6 is 11.6 Å². The molecule has 1 fully saturated rings. The van der Waals surface area contributed by atoms with Gasteiger partial charge in [0.1, 0.15) is 5.75 Å². The zero-order valence-corrected chi connectivity index (χ0v) is 17.9. The smallest absolute Gasteiger partial charge is 0.222 e. The Bertz CT molecular complexity index is 746. The molecule has 0 atom stereocenters. The molecule has 2 heterocycles. The van der Waals surface area contributed by atoms with E-state index in [0.29, 0.717) is 30.5 Å². The monoisotopic (exact) mass is 415 g/mol. The second-order valence-corrected chi connectivity index (χ2v) is 7.99. The molecule has 1 aromatic heterocycles. The molecule has 29 heavy (non-hydrogen) atoms. The van der Waals surface area contributed by atoms with Gasteiger partial charge in [-0.3, -0.25) is 9.78 Å². The van der Waals surface area contributed by atoms with Gasteiger partial charge in [0.15, 0.2) is 0 Å². The summed E-state index contributed by atoms with van der Waals surface area (Å²) in [4.78, 5) is 21.3. The molecular formula is C23H30ClN3O2. The molecule has 3 rings (SSSR count). The molecule has 0 bridgehead atoms. The summed E-state index contributed by atoms with van der Waals surface area (Å²) < 4.78 is 5.67. The normalized spacial score (nSPS) is 15.2. The molecule has 0 unspecified atom stereocenters. The summed E-state index contributed by atoms with van der Waals surface area (Å²) in [5, 5.41) is 0.692. The van der Waals surface area contributed by atoms with Crippen LogP contribution in [0.4, 0.5) is 0 Å². The van der Waals surface area contributed by atoms with Crippen LogP contribution in [0.3, 0.4) is 0 Å². The minimum Gasteiger partial charge on any atom is -0.494 e. The van der Waals surface area contributed by atoms with Crippen LogP contribution in [0.25, 0.3) is 0 Å². The van der Waals surface area contributed by atoms with Crippen molar-refractivity contribution < 1.29 is 9.53 Å². The summed E-state index contributed by atoms with van der Waals surface area (Å²) in [6, 6.07) is 13.7. The van der Waals surface area contributed by atoms with Gasteiger partial charge in [0.25, 0.3) is 0 Å². The van der Waals surface area contributed by atoms with Crippen LogP contribution in [0.1, 0.15) is 31.4 Å². The number of pyridine rings is 1. The number of halogens is 1. The van der Waals surface area contributed by atoms with Gasteiger partial charge < -0.3 is 14.5 Å². The summed E-state index contributed by atoms with van der Waals surface area (Å²) in [6.45, 7) is 3.64. The third-order valence-corrected chi connectivity index (χ3v) is 5.78. The van der Waals surface area contributed by atoms with Gasteiger partial charge >= 0.3 is 0 Å². The Hall–Kier alpha value is -2.11. The van der Waals surface area contributed by atoms with E-state index < -0.39 is 0 Å². The van der Waals surface area contributed by atoms with Gasteiger partial charge in [-0.25, -0.2) is 0 Å². The van der Waals surface area contributed by atoms with Gasteiger partial charge in [-0.2, -0.15) is 0 Å². The van der Waals surface area contributed by atoms with Gasteiger partial charge in [-0.15, -0.1) is 0 Å². The van der Waals surface area contributed by atoms with Crippen molar-refractivity contribution in [1.82, 2.24) is 14.8 Å². The number of carbonyl (C=O) groups excluding carboxylic acids is 1. The van der Waals surface area contributed by atoms with E-state index in [1.54, 1.807) is 12.1 Å². The third kappa shape index (κ3) is 7.02. The molecule has 0 aliphatic carbocycles. The average molecular weight is 416 g/mol. The van der Waals surface area contributed by atoms with Crippen LogP contribution in [0.15, 0.2) is 48.7 Å². The molecule has 2 aromatic rings. The van der Waals surface area contributed by atoms with Crippen LogP contribution in [-0.4, -0.2) is 60.0 Å². The molecule has 1 aromatic carbocycles. The number of hydrogen-bond acceptors (Lipinski definition) is 4. The Kier molecular flexibility index (Phi) is 8.32. The number of rotatable bonds is 9. The zero-order valence-electron chi connectivity index (χ0n) is 17.1. The first-order valence-corrected chi connectivity index (χ1v) is 10.8. The summed E-state index contributed by atoms with van der Waals surface area (Å²) in [5.41, 5.74) is 1.14. The van der Waals surface area contributed by atoms with E-state index in [1.807, 2.05) is 42.4 Å². The second kappa shape index (κ2) is 11.2. The maximum atomic E-state index is 12.5. The van der Waals surface area contributed by atoms with Gasteiger partial charge in [-0.05, 0) is 55.7 Å². The van der Waals surface area contributed by atoms with E-state index in [1.165, 1.54) is 0 Å². The maximum absolute atomic E-state index is 12.5. The Morgan fingerprint density at radius 2 is 1.97 bits per heavy atom. The molecule has 156 valence electrons. The van der Waals surface area contributed by atoms with Crippen LogP contribution < -0.4 is 4.74 Å². The molecule has 0 saturated carbocycles. The highest BCUT2D eigenvalue weighted by atomic mass is 35.5. The Morgan fingerprint density at radius 3 is 2.66 bits per heavy atom. The fourth-order valence-corrected chi connectivity index (χ4v) is 3.80. The minimum absolute atomic E-state index is 0.205. The van der Waals surface area contributed by atoms with Crippen LogP contribution in [0, 0.1) is 0 Å². The van der Waals surface area contributed by atoms with Crippen molar-refractivity contribution in [3.8, 4) is 5.75 Å². The predicted octanol–water partition coefficient (Wildman–Crippen LogP) is 4.06. The summed E-state index contributed by atoms with van der Waals surface area (Å²) >= 11 is 5.87. The van der Waals surface area contributed by atoms with Gasteiger partial charge in [0.2, 0.25) is 5.91 Å². The summed E-state index contributed by atoms with van der Waals surface area (Å²) in [5.74, 6) is 0.991. The maximum Gasteiger partial charge on any atom is 0.222 e. The van der Waals surface area contributed by atoms with Crippen LogP contribution in [0.5, 0.6) is 5.75 Å². The van der Waals surface area contributed by atoms with Crippen molar-refractivity contribution in [2.75, 3.05) is 33.3 Å². The largest absolute Gasteiger partial charge is 0.494 e. The first-order chi connectivity index (χ1) is 14.1. The number of likely N-dealkylation sites (tertiary alicyclic amines) is 1. The lowest BCUT2D eigenvalue weighted by molar-refractivity contribution is -0.133. The predicted molar refractivity (Wildman–Crippen MR) is 116 cm³/mol. The highest BCUT2D eigenvalue weighted by Gasteiger charge is 2.24. The molecule has 1 aliphatic heterocycles. The van der Waals surface area contributed by atoms with Crippen molar-refractivity contribution in [2.45, 2.75) is 38.1 Å². The fraction of sp³-hybridized carbons (Fsp3) is 0.478. The number of benzene rings is 1. The number of piperidine rings is 1. The van der Waals surface area contributed by atoms with Crippen LogP contribution in [0.2, 0.25) is 5.02 Å². The van der Waals surface area contributed by atoms with Crippen molar-refractivity contribution in [3.05, 3.63) is 59.4 Å². The number of carbonyl (C=O) groups is 1. The van der Waals surface area contributed by atoms with Gasteiger partial charge in [-0.1, -0.05) is 17.7 Å². The lowest BCUT2D eigenvalue weighted by Crippen LogP contribution is -2.46. The van der Waals surface area contributed by atoms with Crippen molar-refractivity contribution in [1.29, 1.82) is 0 Å². The SMILES string of the molecule is CN(C(=O)CCCOc1ccc(Cl)cc1)C1CCN(CCc2ccccn2)CC1. The van der Waals surface area contributed by atoms with E-state index in [9.17, 15) is 4.79 Å². The molecule has 1 aliphatic rings. The molecule has 1 saturated heterocycles. The number of aromatic nitrogens is 1. The fourth-order valence-electron chi connectivity index (χ4n) is 3.67. The Labute approximate surface area is 178 Å². The standard InChI is InChI=1S/C23H30ClN3O2/c1-26(23(28)6-4-18-29-22-9-7-19(24)8-10-22)21-12-16-27(17-13-21)15-11-20-5-2-3-14-25-20/h2-3,5,7-10,14,21H,4,6,11-13,15-18H2,1H3. The number of ether oxygens (including phenoxy) is 1. The van der Waals surface area contributed by atoms with Gasteiger partial charge in [0.05, 0.1) is 6.61 Å². The second-order valence-electron chi connectivity index (χ2n) is 7.55. The van der Waals surface area contributed by atoms with Crippen molar-refractivity contribution >= 4 is 17.5 Å². The van der Waals surface area contributed by atoms with E-state index in [0.717, 1.165) is 50.3 Å². The number of hydrogen-bond donors (Lipinski definition) is 0. The van der Waals surface area contributed by atoms with Crippen LogP contribution in [-0.2, 0) is 11.2 Å². The topological polar surface area (TPSA) is 45.7 Å². The molecule has 5 nitrogen and oxygen atoms in total. The summed E-state index contributed by atoms with van der Waals surface area (Å²) in [7, 11) is 1.94. The summed E-state index contributed by atoms with van der Waals surface area (Å²) in [6.07, 6.45) is 6.13. The highest BCUT2D eigenvalue weighted by molar-refractivity contribution is 6.30. The zero-order chi connectivity index (χ0) is 20.5. The lowest BCUT2D eigenvalue weighted by Gasteiger charge is -2.36. The van der Waals surface area contributed by atoms with E-state index in [2.05, 4.69) is 16.0 Å². The highest BCUT2D eigenvalue weighted by Crippen LogP contribution is 2.18. The average Bonchev–Trinajstić information content (AvgIpc) is 2.77. The van der Waals surface area contributed by atoms with E-state index >= 15 is 0 Å². The quantitative estimate of drug-likeness (QED) is 0.579. The third-order valence-electron chi connectivity index (χ3n) is 5.53. The Morgan fingerprint density at radius 1 is 1.21 bits per heavy atom. The molecule has 1 amide bonds. The molecule has 6 heteroatoms. The number of nitrogens with zero attached hydrogens (tertiary/aromatic N) is 3.